The molecule has 34 heavy (non-hydrogen) atoms. The topological polar surface area (TPSA) is 99.2 Å². The van der Waals surface area contributed by atoms with Crippen LogP contribution in [0.25, 0.3) is 0 Å². The molecule has 0 saturated heterocycles. The summed E-state index contributed by atoms with van der Waals surface area (Å²) in [4.78, 5) is 3.23. The van der Waals surface area contributed by atoms with Crippen LogP contribution < -0.4 is 10.5 Å². The molecule has 1 aliphatic rings. The molecule has 2 aromatic carbocycles. The minimum absolute atomic E-state index is 0.0421. The van der Waals surface area contributed by atoms with Crippen LogP contribution in [0.5, 0.6) is 0 Å². The molecule has 2 heterocycles. The Morgan fingerprint density at radius 3 is 2.53 bits per heavy atom. The molecular weight excluding hydrogens is 478 g/mol. The van der Waals surface area contributed by atoms with Gasteiger partial charge in [-0.25, -0.2) is 22.3 Å². The SMILES string of the molecule is C=C(Cc1ccc(S(N)(=O)=O)cc1)Nc1sc2c(c1C#N)CCN(Cc1ccc(F)c(F)c1)C2. The van der Waals surface area contributed by atoms with Gasteiger partial charge in [0.05, 0.1) is 10.5 Å². The number of benzene rings is 2. The van der Waals surface area contributed by atoms with Crippen LogP contribution in [0.2, 0.25) is 0 Å². The van der Waals surface area contributed by atoms with Crippen LogP contribution in [0.3, 0.4) is 0 Å². The Morgan fingerprint density at radius 2 is 1.88 bits per heavy atom. The van der Waals surface area contributed by atoms with Crippen molar-refractivity contribution in [3.05, 3.63) is 93.5 Å². The van der Waals surface area contributed by atoms with Gasteiger partial charge in [0.25, 0.3) is 0 Å². The van der Waals surface area contributed by atoms with Crippen molar-refractivity contribution >= 4 is 26.4 Å². The van der Waals surface area contributed by atoms with E-state index < -0.39 is 21.7 Å². The van der Waals surface area contributed by atoms with Gasteiger partial charge >= 0.3 is 0 Å². The van der Waals surface area contributed by atoms with Crippen LogP contribution in [-0.4, -0.2) is 19.9 Å². The predicted octanol–water partition coefficient (Wildman–Crippen LogP) is 4.27. The molecule has 1 aliphatic heterocycles. The maximum absolute atomic E-state index is 13.5. The van der Waals surface area contributed by atoms with Gasteiger partial charge in [-0.1, -0.05) is 24.8 Å². The van der Waals surface area contributed by atoms with Gasteiger partial charge in [-0.15, -0.1) is 11.3 Å². The van der Waals surface area contributed by atoms with E-state index in [-0.39, 0.29) is 4.90 Å². The number of hydrogen-bond donors (Lipinski definition) is 2. The predicted molar refractivity (Wildman–Crippen MR) is 127 cm³/mol. The highest BCUT2D eigenvalue weighted by Gasteiger charge is 2.25. The lowest BCUT2D eigenvalue weighted by Gasteiger charge is -2.26. The summed E-state index contributed by atoms with van der Waals surface area (Å²) in [6.45, 7) is 5.85. The molecule has 10 heteroatoms. The van der Waals surface area contributed by atoms with Gasteiger partial charge < -0.3 is 5.32 Å². The number of nitrogens with zero attached hydrogens (tertiary/aromatic N) is 2. The average Bonchev–Trinajstić information content (AvgIpc) is 3.12. The van der Waals surface area contributed by atoms with E-state index in [0.717, 1.165) is 22.1 Å². The number of allylic oxidation sites excluding steroid dienone is 1. The summed E-state index contributed by atoms with van der Waals surface area (Å²) in [7, 11) is -3.75. The molecule has 176 valence electrons. The summed E-state index contributed by atoms with van der Waals surface area (Å²) < 4.78 is 49.6. The summed E-state index contributed by atoms with van der Waals surface area (Å²) in [5, 5.41) is 18.8. The molecule has 0 amide bonds. The van der Waals surface area contributed by atoms with Crippen molar-refractivity contribution in [1.82, 2.24) is 4.90 Å². The molecule has 0 radical (unpaired) electrons. The quantitative estimate of drug-likeness (QED) is 0.505. The zero-order chi connectivity index (χ0) is 24.5. The summed E-state index contributed by atoms with van der Waals surface area (Å²) in [6, 6.07) is 12.5. The molecule has 6 nitrogen and oxygen atoms in total. The number of nitrogens with two attached hydrogens (primary N) is 1. The molecule has 0 atom stereocenters. The number of halogens is 2. The lowest BCUT2D eigenvalue weighted by Crippen LogP contribution is -2.29. The standard InChI is InChI=1S/C24H22F2N4O2S2/c1-15(10-16-2-5-18(6-3-16)34(28,31)32)29-24-20(12-27)19-8-9-30(14-23(19)33-24)13-17-4-7-21(25)22(26)11-17/h2-7,11,29H,1,8-10,13-14H2,(H2,28,31,32). The van der Waals surface area contributed by atoms with Gasteiger partial charge in [0.2, 0.25) is 10.0 Å². The summed E-state index contributed by atoms with van der Waals surface area (Å²) in [5.41, 5.74) is 3.80. The number of thiophene rings is 1. The number of fused-ring (bicyclic) bond motifs is 1. The second kappa shape index (κ2) is 9.64. The largest absolute Gasteiger partial charge is 0.350 e. The van der Waals surface area contributed by atoms with Crippen molar-refractivity contribution in [3.63, 3.8) is 0 Å². The van der Waals surface area contributed by atoms with E-state index in [9.17, 15) is 22.5 Å². The van der Waals surface area contributed by atoms with Crippen molar-refractivity contribution in [2.45, 2.75) is 30.8 Å². The third-order valence-electron chi connectivity index (χ3n) is 5.60. The molecule has 4 rings (SSSR count). The lowest BCUT2D eigenvalue weighted by molar-refractivity contribution is 0.248. The number of primary sulfonamides is 1. The Morgan fingerprint density at radius 1 is 1.18 bits per heavy atom. The highest BCUT2D eigenvalue weighted by atomic mass is 32.2. The number of sulfonamides is 1. The van der Waals surface area contributed by atoms with E-state index in [4.69, 9.17) is 5.14 Å². The van der Waals surface area contributed by atoms with Crippen LogP contribution in [0.1, 0.15) is 27.1 Å². The molecule has 0 bridgehead atoms. The van der Waals surface area contributed by atoms with Gasteiger partial charge in [0.1, 0.15) is 11.1 Å². The fourth-order valence-electron chi connectivity index (χ4n) is 3.94. The fraction of sp³-hybridized carbons (Fsp3) is 0.208. The number of anilines is 1. The first kappa shape index (κ1) is 24.0. The van der Waals surface area contributed by atoms with Gasteiger partial charge in [0, 0.05) is 36.6 Å². The molecule has 1 aromatic heterocycles. The fourth-order valence-corrected chi connectivity index (χ4v) is 5.74. The minimum Gasteiger partial charge on any atom is -0.350 e. The normalized spacial score (nSPS) is 13.8. The molecule has 3 N–H and O–H groups in total. The molecule has 0 fully saturated rings. The third kappa shape index (κ3) is 5.34. The van der Waals surface area contributed by atoms with Gasteiger partial charge in [0.15, 0.2) is 11.6 Å². The van der Waals surface area contributed by atoms with E-state index in [1.165, 1.54) is 29.5 Å². The van der Waals surface area contributed by atoms with Crippen LogP contribution in [0.4, 0.5) is 13.8 Å². The van der Waals surface area contributed by atoms with E-state index in [0.29, 0.717) is 54.3 Å². The summed E-state index contributed by atoms with van der Waals surface area (Å²) in [6.07, 6.45) is 1.13. The summed E-state index contributed by atoms with van der Waals surface area (Å²) in [5.74, 6) is -1.72. The second-order valence-corrected chi connectivity index (χ2v) is 10.8. The lowest BCUT2D eigenvalue weighted by atomic mass is 10.0. The maximum atomic E-state index is 13.5. The van der Waals surface area contributed by atoms with Crippen LogP contribution in [0, 0.1) is 23.0 Å². The molecule has 0 aliphatic carbocycles. The van der Waals surface area contributed by atoms with Gasteiger partial charge in [-0.2, -0.15) is 5.26 Å². The highest BCUT2D eigenvalue weighted by Crippen LogP contribution is 2.37. The Labute approximate surface area is 201 Å². The third-order valence-corrected chi connectivity index (χ3v) is 7.66. The zero-order valence-electron chi connectivity index (χ0n) is 18.1. The molecular formula is C24H22F2N4O2S2. The van der Waals surface area contributed by atoms with Crippen LogP contribution in [-0.2, 0) is 36.0 Å². The second-order valence-electron chi connectivity index (χ2n) is 8.12. The van der Waals surface area contributed by atoms with Crippen molar-refractivity contribution in [2.75, 3.05) is 11.9 Å². The smallest absolute Gasteiger partial charge is 0.238 e. The van der Waals surface area contributed by atoms with E-state index in [1.54, 1.807) is 18.2 Å². The van der Waals surface area contributed by atoms with E-state index >= 15 is 0 Å². The van der Waals surface area contributed by atoms with Crippen molar-refractivity contribution in [3.8, 4) is 6.07 Å². The average molecular weight is 501 g/mol. The zero-order valence-corrected chi connectivity index (χ0v) is 19.8. The van der Waals surface area contributed by atoms with E-state index in [2.05, 4.69) is 22.9 Å². The highest BCUT2D eigenvalue weighted by molar-refractivity contribution is 7.89. The Balaban J connectivity index is 1.44. The molecule has 0 unspecified atom stereocenters. The van der Waals surface area contributed by atoms with Crippen molar-refractivity contribution < 1.29 is 17.2 Å². The Kier molecular flexibility index (Phi) is 6.81. The minimum atomic E-state index is -3.75. The number of hydrogen-bond acceptors (Lipinski definition) is 6. The first-order chi connectivity index (χ1) is 16.1. The molecule has 0 spiro atoms. The molecule has 0 saturated carbocycles. The van der Waals surface area contributed by atoms with Gasteiger partial charge in [-0.05, 0) is 47.4 Å². The maximum Gasteiger partial charge on any atom is 0.238 e. The van der Waals surface area contributed by atoms with Crippen molar-refractivity contribution in [1.29, 1.82) is 5.26 Å². The Hall–Kier alpha value is -3.10. The van der Waals surface area contributed by atoms with Crippen LogP contribution >= 0.6 is 11.3 Å². The van der Waals surface area contributed by atoms with Crippen LogP contribution in [0.15, 0.2) is 59.6 Å². The summed E-state index contributed by atoms with van der Waals surface area (Å²) >= 11 is 1.49. The Bertz CT molecular complexity index is 1390. The van der Waals surface area contributed by atoms with E-state index in [1.807, 2.05) is 0 Å². The van der Waals surface area contributed by atoms with Crippen molar-refractivity contribution in [2.24, 2.45) is 5.14 Å². The first-order valence-corrected chi connectivity index (χ1v) is 12.8. The van der Waals surface area contributed by atoms with Gasteiger partial charge in [-0.3, -0.25) is 4.90 Å². The first-order valence-electron chi connectivity index (χ1n) is 10.4. The number of nitrogens with one attached hydrogen (secondary N) is 1. The molecule has 3 aromatic rings. The number of rotatable bonds is 7. The monoisotopic (exact) mass is 500 g/mol. The number of nitriles is 1.